The van der Waals surface area contributed by atoms with E-state index in [0.717, 1.165) is 23.2 Å². The number of halogens is 1. The lowest BCUT2D eigenvalue weighted by Gasteiger charge is -2.21. The highest BCUT2D eigenvalue weighted by Gasteiger charge is 2.12. The molecule has 1 N–H and O–H groups in total. The topological polar surface area (TPSA) is 49.8 Å². The smallest absolute Gasteiger partial charge is 0.194 e. The molecule has 0 amide bonds. The summed E-state index contributed by atoms with van der Waals surface area (Å²) in [5.41, 5.74) is 4.85. The van der Waals surface area contributed by atoms with Crippen LogP contribution in [-0.4, -0.2) is 36.5 Å². The predicted molar refractivity (Wildman–Crippen MR) is 125 cm³/mol. The number of ether oxygens (including phenoxy) is 1. The zero-order chi connectivity index (χ0) is 19.1. The van der Waals surface area contributed by atoms with E-state index in [-0.39, 0.29) is 30.1 Å². The summed E-state index contributed by atoms with van der Waals surface area (Å²) in [4.78, 5) is 11.6. The Kier molecular flexibility index (Phi) is 10.3. The molecule has 27 heavy (non-hydrogen) atoms. The van der Waals surface area contributed by atoms with Gasteiger partial charge >= 0.3 is 0 Å². The third-order valence-electron chi connectivity index (χ3n) is 4.26. The summed E-state index contributed by atoms with van der Waals surface area (Å²) in [6.45, 7) is 10.6. The van der Waals surface area contributed by atoms with Gasteiger partial charge in [0.2, 0.25) is 0 Å². The number of guanidine groups is 1. The molecule has 0 aliphatic heterocycles. The maximum Gasteiger partial charge on any atom is 0.194 e. The molecular weight excluding hydrogens is 471 g/mol. The third-order valence-corrected chi connectivity index (χ3v) is 5.32. The second-order valence-electron chi connectivity index (χ2n) is 6.51. The van der Waals surface area contributed by atoms with Crippen LogP contribution in [-0.2, 0) is 17.8 Å². The largest absolute Gasteiger partial charge is 0.375 e. The molecule has 1 atom stereocenters. The number of nitrogens with zero attached hydrogens (tertiary/aromatic N) is 3. The van der Waals surface area contributed by atoms with Crippen LogP contribution in [0.2, 0.25) is 0 Å². The summed E-state index contributed by atoms with van der Waals surface area (Å²) in [6.07, 6.45) is 0.0328. The first-order valence-electron chi connectivity index (χ1n) is 8.97. The van der Waals surface area contributed by atoms with E-state index in [0.29, 0.717) is 13.1 Å². The zero-order valence-electron chi connectivity index (χ0n) is 17.1. The molecule has 0 aliphatic carbocycles. The highest BCUT2D eigenvalue weighted by Crippen LogP contribution is 2.21. The van der Waals surface area contributed by atoms with Gasteiger partial charge in [0.15, 0.2) is 5.96 Å². The van der Waals surface area contributed by atoms with Crippen molar-refractivity contribution in [1.29, 1.82) is 0 Å². The fourth-order valence-electron chi connectivity index (χ4n) is 2.65. The molecule has 0 spiro atoms. The third kappa shape index (κ3) is 7.04. The van der Waals surface area contributed by atoms with Crippen LogP contribution in [0.3, 0.4) is 0 Å². The molecule has 0 bridgehead atoms. The van der Waals surface area contributed by atoms with Gasteiger partial charge in [0, 0.05) is 26.1 Å². The Morgan fingerprint density at radius 3 is 2.74 bits per heavy atom. The number of methoxy groups -OCH3 is 1. The average Bonchev–Trinajstić information content (AvgIpc) is 3.07. The van der Waals surface area contributed by atoms with Crippen LogP contribution < -0.4 is 5.32 Å². The van der Waals surface area contributed by atoms with Gasteiger partial charge in [-0.25, -0.2) is 9.98 Å². The van der Waals surface area contributed by atoms with Crippen LogP contribution in [0.15, 0.2) is 28.6 Å². The minimum atomic E-state index is 0. The van der Waals surface area contributed by atoms with Gasteiger partial charge in [0.25, 0.3) is 0 Å². The Bertz CT molecular complexity index is 747. The second kappa shape index (κ2) is 11.6. The minimum absolute atomic E-state index is 0. The van der Waals surface area contributed by atoms with E-state index in [1.54, 1.807) is 18.4 Å². The van der Waals surface area contributed by atoms with Gasteiger partial charge < -0.3 is 15.0 Å². The molecule has 0 saturated carbocycles. The van der Waals surface area contributed by atoms with Crippen molar-refractivity contribution in [3.05, 3.63) is 51.0 Å². The van der Waals surface area contributed by atoms with E-state index in [1.165, 1.54) is 16.7 Å². The predicted octanol–water partition coefficient (Wildman–Crippen LogP) is 4.68. The Balaban J connectivity index is 0.00000364. The molecule has 2 aromatic rings. The van der Waals surface area contributed by atoms with Gasteiger partial charge in [0.05, 0.1) is 18.8 Å². The zero-order valence-corrected chi connectivity index (χ0v) is 20.2. The summed E-state index contributed by atoms with van der Waals surface area (Å²) < 4.78 is 5.35. The molecule has 0 saturated heterocycles. The Hall–Kier alpha value is -1.19. The number of hydrogen-bond acceptors (Lipinski definition) is 4. The van der Waals surface area contributed by atoms with Gasteiger partial charge in [-0.05, 0) is 38.8 Å². The molecule has 1 aromatic carbocycles. The minimum Gasteiger partial charge on any atom is -0.375 e. The first-order chi connectivity index (χ1) is 12.4. The molecule has 1 aromatic heterocycles. The van der Waals surface area contributed by atoms with Crippen molar-refractivity contribution in [3.63, 3.8) is 0 Å². The van der Waals surface area contributed by atoms with E-state index in [1.807, 2.05) is 14.0 Å². The number of rotatable bonds is 7. The lowest BCUT2D eigenvalue weighted by molar-refractivity contribution is 0.119. The molecule has 7 heteroatoms. The van der Waals surface area contributed by atoms with Crippen molar-refractivity contribution in [2.24, 2.45) is 4.99 Å². The molecule has 1 heterocycles. The number of aryl methyl sites for hydroxylation is 2. The van der Waals surface area contributed by atoms with E-state index < -0.39 is 0 Å². The van der Waals surface area contributed by atoms with E-state index >= 15 is 0 Å². The summed E-state index contributed by atoms with van der Waals surface area (Å²) in [6, 6.07) is 6.51. The summed E-state index contributed by atoms with van der Waals surface area (Å²) >= 11 is 1.64. The van der Waals surface area contributed by atoms with E-state index in [9.17, 15) is 0 Å². The van der Waals surface area contributed by atoms with E-state index in [2.05, 4.69) is 59.6 Å². The fourth-order valence-corrected chi connectivity index (χ4v) is 3.50. The van der Waals surface area contributed by atoms with Gasteiger partial charge in [0.1, 0.15) is 11.1 Å². The van der Waals surface area contributed by atoms with Gasteiger partial charge in [-0.1, -0.05) is 23.8 Å². The van der Waals surface area contributed by atoms with Crippen LogP contribution >= 0.6 is 35.3 Å². The quantitative estimate of drug-likeness (QED) is 0.339. The van der Waals surface area contributed by atoms with Gasteiger partial charge in [-0.3, -0.25) is 0 Å². The van der Waals surface area contributed by atoms with Crippen LogP contribution in [0.1, 0.15) is 47.3 Å². The monoisotopic (exact) mass is 502 g/mol. The number of aromatic nitrogens is 1. The second-order valence-corrected chi connectivity index (χ2v) is 7.40. The Morgan fingerprint density at radius 1 is 1.37 bits per heavy atom. The molecule has 0 radical (unpaired) electrons. The van der Waals surface area contributed by atoms with Crippen LogP contribution in [0.4, 0.5) is 0 Å². The van der Waals surface area contributed by atoms with Crippen molar-refractivity contribution in [2.75, 3.05) is 20.7 Å². The molecular formula is C20H31IN4OS. The first kappa shape index (κ1) is 23.8. The summed E-state index contributed by atoms with van der Waals surface area (Å²) in [5, 5.41) is 6.47. The normalized spacial score (nSPS) is 12.4. The lowest BCUT2D eigenvalue weighted by atomic mass is 10.1. The van der Waals surface area contributed by atoms with Gasteiger partial charge in [-0.15, -0.1) is 35.3 Å². The highest BCUT2D eigenvalue weighted by atomic mass is 127. The number of hydrogen-bond donors (Lipinski definition) is 1. The Morgan fingerprint density at radius 2 is 2.11 bits per heavy atom. The summed E-state index contributed by atoms with van der Waals surface area (Å²) in [5.74, 6) is 0.891. The molecule has 5 nitrogen and oxygen atoms in total. The molecule has 150 valence electrons. The fraction of sp³-hybridized carbons (Fsp3) is 0.500. The van der Waals surface area contributed by atoms with Crippen LogP contribution in [0, 0.1) is 13.8 Å². The van der Waals surface area contributed by atoms with Crippen molar-refractivity contribution >= 4 is 41.3 Å². The number of nitrogens with one attached hydrogen (secondary N) is 1. The molecule has 2 rings (SSSR count). The number of aliphatic imine (C=N–C) groups is 1. The summed E-state index contributed by atoms with van der Waals surface area (Å²) in [7, 11) is 3.75. The highest BCUT2D eigenvalue weighted by molar-refractivity contribution is 14.0. The Labute approximate surface area is 184 Å². The average molecular weight is 502 g/mol. The van der Waals surface area contributed by atoms with Crippen molar-refractivity contribution < 1.29 is 4.74 Å². The maximum atomic E-state index is 5.35. The van der Waals surface area contributed by atoms with E-state index in [4.69, 9.17) is 9.73 Å². The molecule has 1 unspecified atom stereocenters. The maximum absolute atomic E-state index is 5.35. The molecule has 0 aliphatic rings. The van der Waals surface area contributed by atoms with Gasteiger partial charge in [-0.2, -0.15) is 0 Å². The standard InChI is InChI=1S/C20H30N4OS.HI/c1-7-21-20(22-11-17-9-8-14(2)10-15(17)3)24(5)12-18-13-26-19(23-18)16(4)25-6;/h8-10,13,16H,7,11-12H2,1-6H3,(H,21,22);1H. The van der Waals surface area contributed by atoms with Crippen molar-refractivity contribution in [1.82, 2.24) is 15.2 Å². The van der Waals surface area contributed by atoms with Crippen LogP contribution in [0.5, 0.6) is 0 Å². The SMILES string of the molecule is CCNC(=NCc1ccc(C)cc1C)N(C)Cc1csc(C(C)OC)n1.I. The molecule has 0 fully saturated rings. The lowest BCUT2D eigenvalue weighted by Crippen LogP contribution is -2.38. The first-order valence-corrected chi connectivity index (χ1v) is 9.85. The number of thiazole rings is 1. The van der Waals surface area contributed by atoms with Crippen LogP contribution in [0.25, 0.3) is 0 Å². The van der Waals surface area contributed by atoms with Crippen molar-refractivity contribution in [2.45, 2.75) is 46.9 Å². The van der Waals surface area contributed by atoms with Crippen molar-refractivity contribution in [3.8, 4) is 0 Å². The number of benzene rings is 1.